The normalized spacial score (nSPS) is 14.3. The van der Waals surface area contributed by atoms with Crippen LogP contribution < -0.4 is 5.73 Å². The molecule has 0 radical (unpaired) electrons. The largest absolute Gasteiger partial charge is 0.481 e. The Morgan fingerprint density at radius 1 is 1.53 bits per heavy atom. The maximum Gasteiger partial charge on any atom is 0.311 e. The van der Waals surface area contributed by atoms with Gasteiger partial charge in [-0.05, 0) is 24.0 Å². The van der Waals surface area contributed by atoms with Gasteiger partial charge in [-0.1, -0.05) is 32.4 Å². The maximum absolute atomic E-state index is 13.3. The van der Waals surface area contributed by atoms with Crippen LogP contribution in [-0.4, -0.2) is 11.1 Å². The molecule has 1 aromatic carbocycles. The number of para-hydroxylation sites is 1. The molecular weight excluding hydrogens is 221 g/mol. The molecule has 0 heterocycles. The Balaban J connectivity index is 3.14. The first kappa shape index (κ1) is 13.5. The molecule has 0 saturated heterocycles. The minimum atomic E-state index is -0.955. The van der Waals surface area contributed by atoms with Crippen molar-refractivity contribution in [1.82, 2.24) is 0 Å². The summed E-state index contributed by atoms with van der Waals surface area (Å²) in [7, 11) is 0. The highest BCUT2D eigenvalue weighted by molar-refractivity contribution is 5.79. The summed E-state index contributed by atoms with van der Waals surface area (Å²) in [6.07, 6.45) is 1.66. The molecule has 3 N–H and O–H groups in total. The number of nitrogen functional groups attached to an aromatic ring is 1. The Morgan fingerprint density at radius 2 is 2.18 bits per heavy atom. The average Bonchev–Trinajstić information content (AvgIpc) is 2.24. The predicted molar refractivity (Wildman–Crippen MR) is 65.3 cm³/mol. The fourth-order valence-electron chi connectivity index (χ4n) is 2.13. The van der Waals surface area contributed by atoms with Gasteiger partial charge in [-0.2, -0.15) is 0 Å². The Morgan fingerprint density at radius 3 is 2.71 bits per heavy atom. The SMILES string of the molecule is CCCC(C)C(C(=O)O)c1cccc(F)c1N. The van der Waals surface area contributed by atoms with Crippen molar-refractivity contribution in [2.75, 3.05) is 5.73 Å². The first-order valence-electron chi connectivity index (χ1n) is 5.75. The Labute approximate surface area is 100 Å². The summed E-state index contributed by atoms with van der Waals surface area (Å²) in [5.41, 5.74) is 5.94. The third-order valence-electron chi connectivity index (χ3n) is 3.00. The summed E-state index contributed by atoms with van der Waals surface area (Å²) in [5, 5.41) is 9.26. The van der Waals surface area contributed by atoms with E-state index < -0.39 is 17.7 Å². The van der Waals surface area contributed by atoms with Crippen LogP contribution in [0.2, 0.25) is 0 Å². The molecule has 2 unspecified atom stereocenters. The van der Waals surface area contributed by atoms with Crippen LogP contribution in [0.5, 0.6) is 0 Å². The van der Waals surface area contributed by atoms with Crippen molar-refractivity contribution in [3.8, 4) is 0 Å². The van der Waals surface area contributed by atoms with Gasteiger partial charge in [-0.15, -0.1) is 0 Å². The van der Waals surface area contributed by atoms with E-state index in [2.05, 4.69) is 0 Å². The van der Waals surface area contributed by atoms with Crippen molar-refractivity contribution >= 4 is 11.7 Å². The van der Waals surface area contributed by atoms with Gasteiger partial charge in [0.2, 0.25) is 0 Å². The molecule has 3 nitrogen and oxygen atoms in total. The van der Waals surface area contributed by atoms with Crippen LogP contribution in [-0.2, 0) is 4.79 Å². The van der Waals surface area contributed by atoms with Gasteiger partial charge >= 0.3 is 5.97 Å². The van der Waals surface area contributed by atoms with Crippen LogP contribution in [0.15, 0.2) is 18.2 Å². The molecule has 94 valence electrons. The van der Waals surface area contributed by atoms with Crippen molar-refractivity contribution in [3.63, 3.8) is 0 Å². The second-order valence-electron chi connectivity index (χ2n) is 4.32. The fraction of sp³-hybridized carbons (Fsp3) is 0.462. The van der Waals surface area contributed by atoms with Crippen molar-refractivity contribution in [1.29, 1.82) is 0 Å². The Hall–Kier alpha value is -1.58. The number of hydrogen-bond donors (Lipinski definition) is 2. The highest BCUT2D eigenvalue weighted by Gasteiger charge is 2.28. The summed E-state index contributed by atoms with van der Waals surface area (Å²) < 4.78 is 13.3. The number of aliphatic carboxylic acids is 1. The number of carbonyl (C=O) groups is 1. The number of benzene rings is 1. The van der Waals surface area contributed by atoms with E-state index in [0.717, 1.165) is 12.8 Å². The van der Waals surface area contributed by atoms with E-state index >= 15 is 0 Å². The summed E-state index contributed by atoms with van der Waals surface area (Å²) in [4.78, 5) is 11.3. The molecule has 1 rings (SSSR count). The monoisotopic (exact) mass is 239 g/mol. The topological polar surface area (TPSA) is 63.3 Å². The third kappa shape index (κ3) is 2.96. The van der Waals surface area contributed by atoms with E-state index in [4.69, 9.17) is 5.73 Å². The van der Waals surface area contributed by atoms with Crippen molar-refractivity contribution in [3.05, 3.63) is 29.6 Å². The molecule has 4 heteroatoms. The highest BCUT2D eigenvalue weighted by Crippen LogP contribution is 2.32. The van der Waals surface area contributed by atoms with E-state index in [1.165, 1.54) is 12.1 Å². The number of halogens is 1. The van der Waals surface area contributed by atoms with Crippen LogP contribution in [0, 0.1) is 11.7 Å². The number of carboxylic acids is 1. The second-order valence-corrected chi connectivity index (χ2v) is 4.32. The van der Waals surface area contributed by atoms with Gasteiger partial charge in [0.15, 0.2) is 0 Å². The quantitative estimate of drug-likeness (QED) is 0.776. The molecule has 0 bridgehead atoms. The minimum Gasteiger partial charge on any atom is -0.481 e. The molecule has 17 heavy (non-hydrogen) atoms. The first-order chi connectivity index (χ1) is 7.99. The van der Waals surface area contributed by atoms with Gasteiger partial charge in [0.25, 0.3) is 0 Å². The fourth-order valence-corrected chi connectivity index (χ4v) is 2.13. The van der Waals surface area contributed by atoms with E-state index in [-0.39, 0.29) is 11.6 Å². The van der Waals surface area contributed by atoms with Gasteiger partial charge in [-0.25, -0.2) is 4.39 Å². The zero-order valence-corrected chi connectivity index (χ0v) is 10.1. The molecule has 0 aromatic heterocycles. The summed E-state index contributed by atoms with van der Waals surface area (Å²) >= 11 is 0. The average molecular weight is 239 g/mol. The van der Waals surface area contributed by atoms with Crippen molar-refractivity contribution in [2.24, 2.45) is 5.92 Å². The van der Waals surface area contributed by atoms with Gasteiger partial charge in [-0.3, -0.25) is 4.79 Å². The van der Waals surface area contributed by atoms with Crippen LogP contribution >= 0.6 is 0 Å². The highest BCUT2D eigenvalue weighted by atomic mass is 19.1. The zero-order valence-electron chi connectivity index (χ0n) is 10.1. The van der Waals surface area contributed by atoms with Gasteiger partial charge in [0.1, 0.15) is 5.82 Å². The molecule has 0 aliphatic rings. The number of rotatable bonds is 5. The second kappa shape index (κ2) is 5.66. The Kier molecular flexibility index (Phi) is 4.49. The number of nitrogens with two attached hydrogens (primary N) is 1. The van der Waals surface area contributed by atoms with Crippen molar-refractivity contribution in [2.45, 2.75) is 32.6 Å². The molecule has 0 aliphatic heterocycles. The lowest BCUT2D eigenvalue weighted by Crippen LogP contribution is -2.21. The molecule has 0 saturated carbocycles. The minimum absolute atomic E-state index is 0.0529. The van der Waals surface area contributed by atoms with Crippen LogP contribution in [0.1, 0.15) is 38.2 Å². The third-order valence-corrected chi connectivity index (χ3v) is 3.00. The number of carboxylic acid groups (broad SMARTS) is 1. The van der Waals surface area contributed by atoms with E-state index in [9.17, 15) is 14.3 Å². The van der Waals surface area contributed by atoms with Gasteiger partial charge in [0, 0.05) is 0 Å². The van der Waals surface area contributed by atoms with Gasteiger partial charge < -0.3 is 10.8 Å². The molecular formula is C13H18FNO2. The maximum atomic E-state index is 13.3. The first-order valence-corrected chi connectivity index (χ1v) is 5.75. The summed E-state index contributed by atoms with van der Waals surface area (Å²) in [6.45, 7) is 3.84. The smallest absolute Gasteiger partial charge is 0.311 e. The van der Waals surface area contributed by atoms with E-state index in [1.54, 1.807) is 6.07 Å². The van der Waals surface area contributed by atoms with Crippen LogP contribution in [0.4, 0.5) is 10.1 Å². The van der Waals surface area contributed by atoms with Crippen LogP contribution in [0.3, 0.4) is 0 Å². The lowest BCUT2D eigenvalue weighted by Gasteiger charge is -2.21. The van der Waals surface area contributed by atoms with Crippen molar-refractivity contribution < 1.29 is 14.3 Å². The number of hydrogen-bond acceptors (Lipinski definition) is 2. The summed E-state index contributed by atoms with van der Waals surface area (Å²) in [6, 6.07) is 4.32. The molecule has 2 atom stereocenters. The lowest BCUT2D eigenvalue weighted by molar-refractivity contribution is -0.140. The molecule has 0 amide bonds. The molecule has 0 fully saturated rings. The Bertz CT molecular complexity index is 406. The molecule has 0 aliphatic carbocycles. The predicted octanol–water partition coefficient (Wildman–Crippen LogP) is 3.01. The lowest BCUT2D eigenvalue weighted by atomic mass is 9.84. The van der Waals surface area contributed by atoms with E-state index in [1.807, 2.05) is 13.8 Å². The van der Waals surface area contributed by atoms with Gasteiger partial charge in [0.05, 0.1) is 11.6 Å². The molecule has 1 aromatic rings. The standard InChI is InChI=1S/C13H18FNO2/c1-3-5-8(2)11(13(16)17)9-6-4-7-10(14)12(9)15/h4,6-8,11H,3,5,15H2,1-2H3,(H,16,17). The van der Waals surface area contributed by atoms with E-state index in [0.29, 0.717) is 5.56 Å². The summed E-state index contributed by atoms with van der Waals surface area (Å²) in [5.74, 6) is -2.33. The zero-order chi connectivity index (χ0) is 13.0. The number of anilines is 1. The molecule has 0 spiro atoms. The van der Waals surface area contributed by atoms with Crippen LogP contribution in [0.25, 0.3) is 0 Å².